The van der Waals surface area contributed by atoms with Crippen molar-refractivity contribution in [2.75, 3.05) is 13.1 Å². The first kappa shape index (κ1) is 14.3. The summed E-state index contributed by atoms with van der Waals surface area (Å²) in [4.78, 5) is 14.8. The summed E-state index contributed by atoms with van der Waals surface area (Å²) in [5.74, 6) is 0.477. The highest BCUT2D eigenvalue weighted by atomic mass is 32.2. The van der Waals surface area contributed by atoms with Gasteiger partial charge in [-0.05, 0) is 24.7 Å². The molecule has 0 bridgehead atoms. The van der Waals surface area contributed by atoms with E-state index in [2.05, 4.69) is 10.3 Å². The van der Waals surface area contributed by atoms with Gasteiger partial charge in [0.05, 0.1) is 12.4 Å². The molecule has 116 valence electrons. The Hall–Kier alpha value is -1.61. The lowest BCUT2D eigenvalue weighted by Crippen LogP contribution is -2.40. The van der Waals surface area contributed by atoms with Crippen LogP contribution in [-0.2, 0) is 17.1 Å². The monoisotopic (exact) mass is 314 g/mol. The second kappa shape index (κ2) is 4.99. The number of aryl methyl sites for hydroxylation is 1. The van der Waals surface area contributed by atoms with Crippen molar-refractivity contribution < 1.29 is 18.3 Å². The number of amides is 1. The van der Waals surface area contributed by atoms with Crippen LogP contribution in [0.3, 0.4) is 0 Å². The average molecular weight is 314 g/mol. The third kappa shape index (κ3) is 2.75. The lowest BCUT2D eigenvalue weighted by atomic mass is 9.98. The molecule has 0 aromatic carbocycles. The first-order valence-electron chi connectivity index (χ1n) is 6.85. The number of nitrogens with zero attached hydrogens (tertiary/aromatic N) is 3. The van der Waals surface area contributed by atoms with Crippen molar-refractivity contribution in [3.05, 3.63) is 12.5 Å². The van der Waals surface area contributed by atoms with Gasteiger partial charge in [-0.1, -0.05) is 0 Å². The van der Waals surface area contributed by atoms with Gasteiger partial charge in [0.1, 0.15) is 0 Å². The van der Waals surface area contributed by atoms with Crippen molar-refractivity contribution >= 4 is 16.1 Å². The number of carboxylic acid groups (broad SMARTS) is 1. The molecule has 9 heteroatoms. The van der Waals surface area contributed by atoms with E-state index in [9.17, 15) is 13.2 Å². The molecular formula is C12H18N4O4S. The summed E-state index contributed by atoms with van der Waals surface area (Å²) < 4.78 is 28.0. The molecule has 1 saturated carbocycles. The molecule has 1 aromatic heterocycles. The molecule has 3 rings (SSSR count). The quantitative estimate of drug-likeness (QED) is 0.819. The number of nitrogens with one attached hydrogen (secondary N) is 1. The third-order valence-corrected chi connectivity index (χ3v) is 5.87. The largest absolute Gasteiger partial charge is 0.465 e. The molecule has 1 amide bonds. The Kier molecular flexibility index (Phi) is 3.40. The molecule has 2 aliphatic rings. The summed E-state index contributed by atoms with van der Waals surface area (Å²) in [6.07, 6.45) is 3.87. The zero-order valence-corrected chi connectivity index (χ0v) is 12.5. The molecular weight excluding hydrogens is 296 g/mol. The summed E-state index contributed by atoms with van der Waals surface area (Å²) >= 11 is 0. The van der Waals surface area contributed by atoms with Crippen LogP contribution in [0, 0.1) is 11.8 Å². The number of sulfonamides is 1. The molecule has 1 aliphatic carbocycles. The van der Waals surface area contributed by atoms with E-state index >= 15 is 0 Å². The molecule has 8 nitrogen and oxygen atoms in total. The van der Waals surface area contributed by atoms with Gasteiger partial charge in [-0.25, -0.2) is 18.2 Å². The van der Waals surface area contributed by atoms with E-state index in [1.807, 2.05) is 0 Å². The van der Waals surface area contributed by atoms with Crippen LogP contribution in [-0.4, -0.2) is 52.6 Å². The molecule has 2 fully saturated rings. The molecule has 0 unspecified atom stereocenters. The highest BCUT2D eigenvalue weighted by molar-refractivity contribution is 7.89. The van der Waals surface area contributed by atoms with Crippen LogP contribution in [0.25, 0.3) is 0 Å². The molecule has 1 aromatic rings. The molecule has 0 radical (unpaired) electrons. The lowest BCUT2D eigenvalue weighted by molar-refractivity contribution is 0.186. The van der Waals surface area contributed by atoms with Crippen molar-refractivity contribution in [1.29, 1.82) is 0 Å². The van der Waals surface area contributed by atoms with E-state index in [0.717, 1.165) is 12.8 Å². The Morgan fingerprint density at radius 2 is 2.14 bits per heavy atom. The molecule has 1 saturated heterocycles. The van der Waals surface area contributed by atoms with Gasteiger partial charge in [0.2, 0.25) is 0 Å². The van der Waals surface area contributed by atoms with E-state index in [1.165, 1.54) is 16.8 Å². The number of aromatic nitrogens is 2. The van der Waals surface area contributed by atoms with Gasteiger partial charge in [0.15, 0.2) is 5.03 Å². The molecule has 2 heterocycles. The highest BCUT2D eigenvalue weighted by Gasteiger charge is 2.47. The minimum absolute atomic E-state index is 0.00974. The van der Waals surface area contributed by atoms with Gasteiger partial charge in [-0.2, -0.15) is 4.31 Å². The normalized spacial score (nSPS) is 26.9. The fourth-order valence-corrected chi connectivity index (χ4v) is 4.43. The van der Waals surface area contributed by atoms with Crippen molar-refractivity contribution in [2.24, 2.45) is 18.9 Å². The predicted octanol–water partition coefficient (Wildman–Crippen LogP) is 0.0868. The second-order valence-electron chi connectivity index (χ2n) is 5.76. The van der Waals surface area contributed by atoms with Crippen LogP contribution >= 0.6 is 0 Å². The Morgan fingerprint density at radius 1 is 1.43 bits per heavy atom. The highest BCUT2D eigenvalue weighted by Crippen LogP contribution is 2.42. The number of rotatable bonds is 4. The maximum atomic E-state index is 12.5. The van der Waals surface area contributed by atoms with E-state index in [0.29, 0.717) is 12.5 Å². The molecule has 2 atom stereocenters. The fraction of sp³-hybridized carbons (Fsp3) is 0.667. The zero-order chi connectivity index (χ0) is 15.2. The van der Waals surface area contributed by atoms with Crippen LogP contribution in [0.4, 0.5) is 4.79 Å². The Bertz CT molecular complexity index is 652. The first-order valence-corrected chi connectivity index (χ1v) is 8.29. The lowest BCUT2D eigenvalue weighted by Gasteiger charge is -2.16. The van der Waals surface area contributed by atoms with Gasteiger partial charge in [-0.3, -0.25) is 0 Å². The molecule has 21 heavy (non-hydrogen) atoms. The van der Waals surface area contributed by atoms with Gasteiger partial charge in [0.25, 0.3) is 10.0 Å². The third-order valence-electron chi connectivity index (χ3n) is 4.15. The van der Waals surface area contributed by atoms with Crippen molar-refractivity contribution in [3.8, 4) is 0 Å². The minimum Gasteiger partial charge on any atom is -0.465 e. The van der Waals surface area contributed by atoms with Crippen LogP contribution in [0.1, 0.15) is 12.8 Å². The van der Waals surface area contributed by atoms with E-state index < -0.39 is 16.1 Å². The topological polar surface area (TPSA) is 105 Å². The standard InChI is InChI=1S/C12H18N4O4S/c1-15-6-11(13-7-15)21(19,20)16-4-9(8-2-3-8)10(5-16)14-12(17)18/h6-10,14H,2-5H2,1H3,(H,17,18)/t9-,10+/m0/s1. The number of hydrogen-bond acceptors (Lipinski definition) is 4. The van der Waals surface area contributed by atoms with Crippen LogP contribution in [0.2, 0.25) is 0 Å². The second-order valence-corrected chi connectivity index (χ2v) is 7.64. The summed E-state index contributed by atoms with van der Waals surface area (Å²) in [5, 5.41) is 11.4. The number of imidazole rings is 1. The SMILES string of the molecule is Cn1cnc(S(=O)(=O)N2C[C@@H](NC(=O)O)[C@H](C3CC3)C2)c1. The average Bonchev–Trinajstić information content (AvgIpc) is 2.99. The van der Waals surface area contributed by atoms with Gasteiger partial charge in [-0.15, -0.1) is 0 Å². The summed E-state index contributed by atoms with van der Waals surface area (Å²) in [6.45, 7) is 0.529. The Morgan fingerprint density at radius 3 is 2.67 bits per heavy atom. The smallest absolute Gasteiger partial charge is 0.404 e. The van der Waals surface area contributed by atoms with Gasteiger partial charge >= 0.3 is 6.09 Å². The maximum Gasteiger partial charge on any atom is 0.404 e. The summed E-state index contributed by atoms with van der Waals surface area (Å²) in [5.41, 5.74) is 0. The van der Waals surface area contributed by atoms with Crippen molar-refractivity contribution in [2.45, 2.75) is 23.9 Å². The van der Waals surface area contributed by atoms with Crippen LogP contribution in [0.5, 0.6) is 0 Å². The van der Waals surface area contributed by atoms with Crippen molar-refractivity contribution in [3.63, 3.8) is 0 Å². The minimum atomic E-state index is -3.66. The van der Waals surface area contributed by atoms with Crippen molar-refractivity contribution in [1.82, 2.24) is 19.2 Å². The predicted molar refractivity (Wildman–Crippen MR) is 73.1 cm³/mol. The molecule has 0 spiro atoms. The summed E-state index contributed by atoms with van der Waals surface area (Å²) in [7, 11) is -1.95. The number of carbonyl (C=O) groups is 1. The van der Waals surface area contributed by atoms with Crippen LogP contribution in [0.15, 0.2) is 17.6 Å². The maximum absolute atomic E-state index is 12.5. The van der Waals surface area contributed by atoms with Crippen LogP contribution < -0.4 is 5.32 Å². The Labute approximate surface area is 122 Å². The van der Waals surface area contributed by atoms with E-state index in [-0.39, 0.29) is 23.5 Å². The van der Waals surface area contributed by atoms with Gasteiger partial charge < -0.3 is 15.0 Å². The number of hydrogen-bond donors (Lipinski definition) is 2. The zero-order valence-electron chi connectivity index (χ0n) is 11.6. The molecule has 1 aliphatic heterocycles. The van der Waals surface area contributed by atoms with Gasteiger partial charge in [0, 0.05) is 26.3 Å². The van der Waals surface area contributed by atoms with E-state index in [1.54, 1.807) is 11.6 Å². The summed E-state index contributed by atoms with van der Waals surface area (Å²) in [6, 6.07) is -0.339. The first-order chi connectivity index (χ1) is 9.88. The molecule has 2 N–H and O–H groups in total. The Balaban J connectivity index is 1.81. The fourth-order valence-electron chi connectivity index (χ4n) is 2.96. The van der Waals surface area contributed by atoms with E-state index in [4.69, 9.17) is 5.11 Å².